The lowest BCUT2D eigenvalue weighted by Gasteiger charge is -2.26. The van der Waals surface area contributed by atoms with Crippen LogP contribution in [-0.2, 0) is 0 Å². The average Bonchev–Trinajstić information content (AvgIpc) is 3.28. The predicted molar refractivity (Wildman–Crippen MR) is 108 cm³/mol. The Morgan fingerprint density at radius 1 is 1.21 bits per heavy atom. The van der Waals surface area contributed by atoms with Crippen molar-refractivity contribution in [2.45, 2.75) is 10.8 Å². The van der Waals surface area contributed by atoms with Crippen LogP contribution >= 0.6 is 11.8 Å². The van der Waals surface area contributed by atoms with Crippen molar-refractivity contribution < 1.29 is 18.7 Å². The van der Waals surface area contributed by atoms with Gasteiger partial charge >= 0.3 is 5.97 Å². The highest BCUT2D eigenvalue weighted by Crippen LogP contribution is 2.43. The van der Waals surface area contributed by atoms with Crippen LogP contribution in [0.4, 0.5) is 0 Å². The van der Waals surface area contributed by atoms with Gasteiger partial charge in [0.2, 0.25) is 11.6 Å². The Morgan fingerprint density at radius 2 is 2.00 bits per heavy atom. The van der Waals surface area contributed by atoms with Gasteiger partial charge in [0, 0.05) is 16.5 Å². The standard InChI is InChI=1S/C22H16N2O4S/c1-29-15-7-4-13(5-8-15)20-16-9-6-14(27-22(25)18-3-2-10-26-18)11-19(16)28-21(24)17(20)12-23/h2-11,20H,24H2,1H3/t20-/m0/s1. The van der Waals surface area contributed by atoms with Gasteiger partial charge in [-0.3, -0.25) is 0 Å². The highest BCUT2D eigenvalue weighted by molar-refractivity contribution is 7.98. The molecular formula is C22H16N2O4S. The molecule has 0 spiro atoms. The van der Waals surface area contributed by atoms with E-state index < -0.39 is 5.97 Å². The zero-order valence-corrected chi connectivity index (χ0v) is 16.2. The molecule has 0 saturated carbocycles. The number of ether oxygens (including phenoxy) is 2. The summed E-state index contributed by atoms with van der Waals surface area (Å²) in [6.45, 7) is 0. The van der Waals surface area contributed by atoms with Crippen molar-refractivity contribution in [3.8, 4) is 17.6 Å². The lowest BCUT2D eigenvalue weighted by atomic mass is 9.83. The van der Waals surface area contributed by atoms with Crippen LogP contribution in [0.15, 0.2) is 81.6 Å². The second-order valence-electron chi connectivity index (χ2n) is 6.26. The van der Waals surface area contributed by atoms with E-state index in [1.165, 1.54) is 12.3 Å². The molecule has 0 bridgehead atoms. The van der Waals surface area contributed by atoms with Crippen molar-refractivity contribution in [3.63, 3.8) is 0 Å². The molecule has 6 nitrogen and oxygen atoms in total. The second-order valence-corrected chi connectivity index (χ2v) is 7.14. The molecule has 0 fully saturated rings. The van der Waals surface area contributed by atoms with Gasteiger partial charge in [0.05, 0.1) is 12.2 Å². The fourth-order valence-corrected chi connectivity index (χ4v) is 3.60. The Labute approximate surface area is 171 Å². The summed E-state index contributed by atoms with van der Waals surface area (Å²) in [7, 11) is 0. The summed E-state index contributed by atoms with van der Waals surface area (Å²) in [5, 5.41) is 9.65. The van der Waals surface area contributed by atoms with E-state index in [0.717, 1.165) is 16.0 Å². The van der Waals surface area contributed by atoms with Gasteiger partial charge in [0.25, 0.3) is 0 Å². The molecule has 29 heavy (non-hydrogen) atoms. The number of thioether (sulfide) groups is 1. The maximum Gasteiger partial charge on any atom is 0.379 e. The summed E-state index contributed by atoms with van der Waals surface area (Å²) in [6.07, 6.45) is 3.40. The van der Waals surface area contributed by atoms with Crippen LogP contribution in [0, 0.1) is 11.3 Å². The molecular weight excluding hydrogens is 388 g/mol. The largest absolute Gasteiger partial charge is 0.457 e. The van der Waals surface area contributed by atoms with Crippen LogP contribution in [0.25, 0.3) is 0 Å². The number of benzene rings is 2. The van der Waals surface area contributed by atoms with E-state index in [-0.39, 0.29) is 23.3 Å². The maximum absolute atomic E-state index is 12.1. The molecule has 1 atom stereocenters. The molecule has 2 heterocycles. The van der Waals surface area contributed by atoms with Crippen molar-refractivity contribution in [2.75, 3.05) is 6.26 Å². The third kappa shape index (κ3) is 3.58. The third-order valence-electron chi connectivity index (χ3n) is 4.57. The molecule has 2 N–H and O–H groups in total. The summed E-state index contributed by atoms with van der Waals surface area (Å²) in [6, 6.07) is 18.2. The van der Waals surface area contributed by atoms with Gasteiger partial charge in [-0.1, -0.05) is 18.2 Å². The zero-order valence-electron chi connectivity index (χ0n) is 15.4. The first-order valence-corrected chi connectivity index (χ1v) is 9.94. The number of nitriles is 1. The van der Waals surface area contributed by atoms with Crippen molar-refractivity contribution in [3.05, 3.63) is 89.2 Å². The molecule has 0 aliphatic carbocycles. The fourth-order valence-electron chi connectivity index (χ4n) is 3.19. The Bertz CT molecular complexity index is 1130. The number of nitrogens with two attached hydrogens (primary N) is 1. The summed E-state index contributed by atoms with van der Waals surface area (Å²) in [4.78, 5) is 13.2. The molecule has 0 saturated heterocycles. The van der Waals surface area contributed by atoms with E-state index in [4.69, 9.17) is 19.6 Å². The van der Waals surface area contributed by atoms with Gasteiger partial charge in [-0.2, -0.15) is 5.26 Å². The molecule has 144 valence electrons. The number of esters is 1. The van der Waals surface area contributed by atoms with Crippen molar-refractivity contribution in [2.24, 2.45) is 5.73 Å². The van der Waals surface area contributed by atoms with Crippen LogP contribution in [0.1, 0.15) is 27.6 Å². The summed E-state index contributed by atoms with van der Waals surface area (Å²) in [5.74, 6) is -0.124. The molecule has 0 unspecified atom stereocenters. The highest BCUT2D eigenvalue weighted by Gasteiger charge is 2.31. The Morgan fingerprint density at radius 3 is 2.66 bits per heavy atom. The second kappa shape index (κ2) is 7.78. The highest BCUT2D eigenvalue weighted by atomic mass is 32.2. The number of hydrogen-bond acceptors (Lipinski definition) is 7. The number of fused-ring (bicyclic) bond motifs is 1. The topological polar surface area (TPSA) is 98.5 Å². The molecule has 1 aliphatic rings. The molecule has 7 heteroatoms. The smallest absolute Gasteiger partial charge is 0.379 e. The van der Waals surface area contributed by atoms with Gasteiger partial charge in [-0.05, 0) is 42.2 Å². The Balaban J connectivity index is 1.70. The minimum Gasteiger partial charge on any atom is -0.457 e. The SMILES string of the molecule is CSc1ccc([C@@H]2C(C#N)=C(N)Oc3cc(OC(=O)c4ccco4)ccc32)cc1. The zero-order chi connectivity index (χ0) is 20.4. The third-order valence-corrected chi connectivity index (χ3v) is 5.32. The minimum atomic E-state index is -0.615. The van der Waals surface area contributed by atoms with E-state index in [1.54, 1.807) is 36.0 Å². The molecule has 1 aliphatic heterocycles. The van der Waals surface area contributed by atoms with E-state index in [0.29, 0.717) is 11.3 Å². The normalized spacial score (nSPS) is 15.2. The lowest BCUT2D eigenvalue weighted by Crippen LogP contribution is -2.21. The van der Waals surface area contributed by atoms with Gasteiger partial charge in [0.1, 0.15) is 23.1 Å². The van der Waals surface area contributed by atoms with E-state index in [2.05, 4.69) is 6.07 Å². The molecule has 0 amide bonds. The van der Waals surface area contributed by atoms with Crippen LogP contribution in [0.5, 0.6) is 11.5 Å². The van der Waals surface area contributed by atoms with Gasteiger partial charge < -0.3 is 19.6 Å². The van der Waals surface area contributed by atoms with E-state index in [9.17, 15) is 10.1 Å². The van der Waals surface area contributed by atoms with Crippen molar-refractivity contribution in [1.82, 2.24) is 0 Å². The first-order chi connectivity index (χ1) is 14.1. The van der Waals surface area contributed by atoms with Gasteiger partial charge in [-0.25, -0.2) is 4.79 Å². The molecule has 0 radical (unpaired) electrons. The van der Waals surface area contributed by atoms with E-state index >= 15 is 0 Å². The van der Waals surface area contributed by atoms with Crippen LogP contribution in [-0.4, -0.2) is 12.2 Å². The van der Waals surface area contributed by atoms with Crippen molar-refractivity contribution >= 4 is 17.7 Å². The number of nitrogens with zero attached hydrogens (tertiary/aromatic N) is 1. The van der Waals surface area contributed by atoms with Gasteiger partial charge in [-0.15, -0.1) is 11.8 Å². The van der Waals surface area contributed by atoms with Crippen LogP contribution in [0.3, 0.4) is 0 Å². The number of carbonyl (C=O) groups excluding carboxylic acids is 1. The Hall–Kier alpha value is -3.63. The lowest BCUT2D eigenvalue weighted by molar-refractivity contribution is 0.0701. The number of furan rings is 1. The monoisotopic (exact) mass is 404 g/mol. The van der Waals surface area contributed by atoms with Crippen LogP contribution in [0.2, 0.25) is 0 Å². The molecule has 2 aromatic carbocycles. The summed E-state index contributed by atoms with van der Waals surface area (Å²) < 4.78 is 16.1. The number of carbonyl (C=O) groups is 1. The van der Waals surface area contributed by atoms with Crippen LogP contribution < -0.4 is 15.2 Å². The Kier molecular flexibility index (Phi) is 5.02. The van der Waals surface area contributed by atoms with Crippen molar-refractivity contribution in [1.29, 1.82) is 5.26 Å². The first-order valence-electron chi connectivity index (χ1n) is 8.72. The number of rotatable bonds is 4. The van der Waals surface area contributed by atoms with Gasteiger partial charge in [0.15, 0.2) is 0 Å². The predicted octanol–water partition coefficient (Wildman–Crippen LogP) is 4.44. The number of allylic oxidation sites excluding steroid dienone is 1. The fraction of sp³-hybridized carbons (Fsp3) is 0.0909. The molecule has 1 aromatic heterocycles. The maximum atomic E-state index is 12.1. The average molecular weight is 404 g/mol. The van der Waals surface area contributed by atoms with E-state index in [1.807, 2.05) is 30.5 Å². The summed E-state index contributed by atoms with van der Waals surface area (Å²) in [5.41, 5.74) is 8.06. The number of hydrogen-bond donors (Lipinski definition) is 1. The summed E-state index contributed by atoms with van der Waals surface area (Å²) >= 11 is 1.64. The molecule has 4 rings (SSSR count). The quantitative estimate of drug-likeness (QED) is 0.390. The first kappa shape index (κ1) is 18.7. The molecule has 3 aromatic rings. The minimum absolute atomic E-state index is 0.0356.